The van der Waals surface area contributed by atoms with E-state index in [0.717, 1.165) is 20.8 Å². The Morgan fingerprint density at radius 2 is 2.05 bits per heavy atom. The molecular formula is C16H15ClN2OS2. The smallest absolute Gasteiger partial charge is 0.262 e. The lowest BCUT2D eigenvalue weighted by Crippen LogP contribution is -2.24. The second-order valence-electron chi connectivity index (χ2n) is 5.17. The Balaban J connectivity index is 2.03. The Kier molecular flexibility index (Phi) is 4.57. The van der Waals surface area contributed by atoms with Crippen LogP contribution < -0.4 is 5.56 Å². The number of aromatic nitrogens is 2. The summed E-state index contributed by atoms with van der Waals surface area (Å²) in [6.07, 6.45) is 0. The zero-order valence-electron chi connectivity index (χ0n) is 12.2. The minimum atomic E-state index is 0.0207. The van der Waals surface area contributed by atoms with Gasteiger partial charge in [-0.2, -0.15) is 0 Å². The lowest BCUT2D eigenvalue weighted by Gasteiger charge is -2.15. The van der Waals surface area contributed by atoms with Crippen LogP contribution >= 0.6 is 34.7 Å². The number of nitrogens with zero attached hydrogens (tertiary/aromatic N) is 2. The van der Waals surface area contributed by atoms with Gasteiger partial charge in [0.15, 0.2) is 5.16 Å². The minimum Gasteiger partial charge on any atom is -0.285 e. The molecule has 1 aromatic carbocycles. The fourth-order valence-electron chi connectivity index (χ4n) is 2.25. The third kappa shape index (κ3) is 3.07. The summed E-state index contributed by atoms with van der Waals surface area (Å²) in [5.41, 5.74) is 0.767. The van der Waals surface area contributed by atoms with E-state index in [4.69, 9.17) is 11.6 Å². The van der Waals surface area contributed by atoms with E-state index in [-0.39, 0.29) is 11.6 Å². The van der Waals surface area contributed by atoms with Crippen molar-refractivity contribution in [2.75, 3.05) is 0 Å². The maximum absolute atomic E-state index is 12.7. The van der Waals surface area contributed by atoms with Gasteiger partial charge in [-0.25, -0.2) is 4.98 Å². The zero-order chi connectivity index (χ0) is 15.7. The van der Waals surface area contributed by atoms with Crippen LogP contribution in [-0.4, -0.2) is 9.55 Å². The maximum atomic E-state index is 12.7. The van der Waals surface area contributed by atoms with Gasteiger partial charge in [-0.1, -0.05) is 35.5 Å². The fraction of sp³-hybridized carbons (Fsp3) is 0.250. The van der Waals surface area contributed by atoms with Crippen molar-refractivity contribution in [2.45, 2.75) is 30.8 Å². The summed E-state index contributed by atoms with van der Waals surface area (Å²) in [6, 6.07) is 11.5. The molecule has 0 unspecified atom stereocenters. The first-order chi connectivity index (χ1) is 10.6. The van der Waals surface area contributed by atoms with E-state index in [1.807, 2.05) is 50.2 Å². The molecule has 0 N–H and O–H groups in total. The average molecular weight is 351 g/mol. The van der Waals surface area contributed by atoms with Gasteiger partial charge in [-0.15, -0.1) is 11.3 Å². The van der Waals surface area contributed by atoms with E-state index in [1.165, 1.54) is 4.88 Å². The molecule has 6 heteroatoms. The largest absolute Gasteiger partial charge is 0.285 e. The number of thioether (sulfide) groups is 1. The van der Waals surface area contributed by atoms with Crippen LogP contribution in [0.2, 0.25) is 4.34 Å². The van der Waals surface area contributed by atoms with Crippen LogP contribution in [-0.2, 0) is 5.75 Å². The van der Waals surface area contributed by atoms with E-state index >= 15 is 0 Å². The van der Waals surface area contributed by atoms with Crippen molar-refractivity contribution < 1.29 is 0 Å². The van der Waals surface area contributed by atoms with E-state index in [0.29, 0.717) is 5.39 Å². The number of halogens is 1. The molecule has 0 saturated heterocycles. The monoisotopic (exact) mass is 350 g/mol. The molecule has 114 valence electrons. The first kappa shape index (κ1) is 15.6. The topological polar surface area (TPSA) is 34.9 Å². The van der Waals surface area contributed by atoms with Crippen LogP contribution in [0.4, 0.5) is 0 Å². The molecule has 0 amide bonds. The van der Waals surface area contributed by atoms with Crippen molar-refractivity contribution in [3.63, 3.8) is 0 Å². The van der Waals surface area contributed by atoms with Gasteiger partial charge >= 0.3 is 0 Å². The quantitative estimate of drug-likeness (QED) is 0.491. The normalized spacial score (nSPS) is 11.5. The zero-order valence-corrected chi connectivity index (χ0v) is 14.6. The Morgan fingerprint density at radius 1 is 1.27 bits per heavy atom. The van der Waals surface area contributed by atoms with Crippen LogP contribution in [0.3, 0.4) is 0 Å². The summed E-state index contributed by atoms with van der Waals surface area (Å²) in [6.45, 7) is 4.01. The number of rotatable bonds is 4. The predicted molar refractivity (Wildman–Crippen MR) is 95.3 cm³/mol. The minimum absolute atomic E-state index is 0.0207. The highest BCUT2D eigenvalue weighted by atomic mass is 35.5. The number of thiophene rings is 1. The molecular weight excluding hydrogens is 336 g/mol. The third-order valence-corrected chi connectivity index (χ3v) is 5.68. The van der Waals surface area contributed by atoms with Crippen molar-refractivity contribution in [3.8, 4) is 0 Å². The van der Waals surface area contributed by atoms with Crippen LogP contribution in [0, 0.1) is 0 Å². The maximum Gasteiger partial charge on any atom is 0.262 e. The van der Waals surface area contributed by atoms with Crippen LogP contribution in [0.5, 0.6) is 0 Å². The Bertz CT molecular complexity index is 870. The molecule has 0 aliphatic heterocycles. The number of fused-ring (bicyclic) bond motifs is 1. The first-order valence-electron chi connectivity index (χ1n) is 6.94. The van der Waals surface area contributed by atoms with Crippen molar-refractivity contribution in [2.24, 2.45) is 0 Å². The summed E-state index contributed by atoms with van der Waals surface area (Å²) in [4.78, 5) is 18.5. The van der Waals surface area contributed by atoms with Crippen molar-refractivity contribution >= 4 is 45.6 Å². The third-order valence-electron chi connectivity index (χ3n) is 3.26. The Morgan fingerprint density at radius 3 is 2.73 bits per heavy atom. The first-order valence-corrected chi connectivity index (χ1v) is 9.12. The molecule has 22 heavy (non-hydrogen) atoms. The molecule has 0 atom stereocenters. The van der Waals surface area contributed by atoms with E-state index in [2.05, 4.69) is 4.98 Å². The molecule has 0 spiro atoms. The predicted octanol–water partition coefficient (Wildman–Crippen LogP) is 4.98. The van der Waals surface area contributed by atoms with Crippen LogP contribution in [0.25, 0.3) is 10.9 Å². The molecule has 0 aliphatic rings. The molecule has 3 rings (SSSR count). The van der Waals surface area contributed by atoms with E-state index in [1.54, 1.807) is 27.7 Å². The van der Waals surface area contributed by atoms with E-state index in [9.17, 15) is 4.79 Å². The molecule has 0 bridgehead atoms. The summed E-state index contributed by atoms with van der Waals surface area (Å²) >= 11 is 9.10. The second kappa shape index (κ2) is 6.44. The average Bonchev–Trinajstić information content (AvgIpc) is 2.90. The summed E-state index contributed by atoms with van der Waals surface area (Å²) in [5, 5.41) is 1.42. The molecule has 0 aliphatic carbocycles. The molecule has 2 heterocycles. The van der Waals surface area contributed by atoms with Gasteiger partial charge in [0.2, 0.25) is 0 Å². The van der Waals surface area contributed by atoms with Crippen LogP contribution in [0.15, 0.2) is 46.3 Å². The van der Waals surface area contributed by atoms with Gasteiger partial charge in [0.1, 0.15) is 0 Å². The van der Waals surface area contributed by atoms with Crippen molar-refractivity contribution in [1.82, 2.24) is 9.55 Å². The van der Waals surface area contributed by atoms with Gasteiger partial charge in [0.25, 0.3) is 5.56 Å². The van der Waals surface area contributed by atoms with Crippen molar-refractivity contribution in [1.29, 1.82) is 0 Å². The number of hydrogen-bond acceptors (Lipinski definition) is 4. The Hall–Kier alpha value is -1.30. The van der Waals surface area contributed by atoms with Gasteiger partial charge in [0, 0.05) is 16.7 Å². The number of benzene rings is 1. The fourth-order valence-corrected chi connectivity index (χ4v) is 4.51. The van der Waals surface area contributed by atoms with Gasteiger partial charge < -0.3 is 0 Å². The summed E-state index contributed by atoms with van der Waals surface area (Å²) in [7, 11) is 0. The lowest BCUT2D eigenvalue weighted by molar-refractivity contribution is 0.519. The Labute approximate surface area is 142 Å². The molecule has 3 nitrogen and oxygen atoms in total. The molecule has 0 radical (unpaired) electrons. The van der Waals surface area contributed by atoms with Crippen LogP contribution in [0.1, 0.15) is 24.8 Å². The highest BCUT2D eigenvalue weighted by Crippen LogP contribution is 2.29. The highest BCUT2D eigenvalue weighted by Gasteiger charge is 2.14. The SMILES string of the molecule is CC(C)n1c(SCc2ccc(Cl)s2)nc2ccccc2c1=O. The van der Waals surface area contributed by atoms with Gasteiger partial charge in [0.05, 0.1) is 15.2 Å². The van der Waals surface area contributed by atoms with E-state index < -0.39 is 0 Å². The highest BCUT2D eigenvalue weighted by molar-refractivity contribution is 7.98. The molecule has 3 aromatic rings. The van der Waals surface area contributed by atoms with Gasteiger partial charge in [-0.05, 0) is 38.1 Å². The van der Waals surface area contributed by atoms with Crippen molar-refractivity contribution in [3.05, 3.63) is 56.0 Å². The summed E-state index contributed by atoms with van der Waals surface area (Å²) in [5.74, 6) is 0.759. The standard InChI is InChI=1S/C16H15ClN2OS2/c1-10(2)19-15(20)12-5-3-4-6-13(12)18-16(19)21-9-11-7-8-14(17)22-11/h3-8,10H,9H2,1-2H3. The molecule has 2 aromatic heterocycles. The molecule has 0 fully saturated rings. The second-order valence-corrected chi connectivity index (χ2v) is 7.92. The van der Waals surface area contributed by atoms with Gasteiger partial charge in [-0.3, -0.25) is 9.36 Å². The number of para-hydroxylation sites is 1. The lowest BCUT2D eigenvalue weighted by atomic mass is 10.2. The summed E-state index contributed by atoms with van der Waals surface area (Å²) < 4.78 is 2.55. The number of hydrogen-bond donors (Lipinski definition) is 0. The molecule has 0 saturated carbocycles.